The standard InChI is InChI=1S/C22H24N4O4/c1-13-7-5-9-25-17(14(2)23-21(13)25)19(27)16-18(15-8-6-12-30-15)26(11-10-24(3)4)22(29)20(16)28/h5-9,12,18,27H,10-11H2,1-4H3/p+1/t18-/m1/s1. The summed E-state index contributed by atoms with van der Waals surface area (Å²) in [4.78, 5) is 33.1. The minimum absolute atomic E-state index is 0.0233. The van der Waals surface area contributed by atoms with E-state index >= 15 is 0 Å². The van der Waals surface area contributed by atoms with Gasteiger partial charge in [0.05, 0.1) is 44.7 Å². The normalized spacial score (nSPS) is 18.8. The maximum absolute atomic E-state index is 13.0. The van der Waals surface area contributed by atoms with E-state index < -0.39 is 17.7 Å². The van der Waals surface area contributed by atoms with Crippen LogP contribution in [0, 0.1) is 13.8 Å². The molecule has 1 saturated heterocycles. The van der Waals surface area contributed by atoms with Crippen molar-refractivity contribution in [3.05, 3.63) is 65.0 Å². The van der Waals surface area contributed by atoms with E-state index in [-0.39, 0.29) is 11.3 Å². The Hall–Kier alpha value is -3.39. The van der Waals surface area contributed by atoms with Crippen molar-refractivity contribution in [3.63, 3.8) is 0 Å². The van der Waals surface area contributed by atoms with Crippen molar-refractivity contribution in [2.24, 2.45) is 0 Å². The van der Waals surface area contributed by atoms with E-state index in [0.29, 0.717) is 35.9 Å². The molecule has 156 valence electrons. The fourth-order valence-electron chi connectivity index (χ4n) is 3.93. The van der Waals surface area contributed by atoms with Gasteiger partial charge in [0.2, 0.25) is 0 Å². The quantitative estimate of drug-likeness (QED) is 0.374. The van der Waals surface area contributed by atoms with Crippen LogP contribution in [0.4, 0.5) is 0 Å². The van der Waals surface area contributed by atoms with Gasteiger partial charge in [0.25, 0.3) is 11.7 Å². The van der Waals surface area contributed by atoms with Crippen molar-refractivity contribution in [2.75, 3.05) is 27.2 Å². The summed E-state index contributed by atoms with van der Waals surface area (Å²) in [6.07, 6.45) is 3.28. The average molecular weight is 409 g/mol. The van der Waals surface area contributed by atoms with Crippen LogP contribution >= 0.6 is 0 Å². The summed E-state index contributed by atoms with van der Waals surface area (Å²) >= 11 is 0. The third kappa shape index (κ3) is 3.09. The van der Waals surface area contributed by atoms with Crippen LogP contribution in [0.1, 0.15) is 28.8 Å². The highest BCUT2D eigenvalue weighted by molar-refractivity contribution is 6.46. The lowest BCUT2D eigenvalue weighted by Gasteiger charge is -2.23. The molecular weight excluding hydrogens is 384 g/mol. The number of nitrogens with one attached hydrogen (secondary N) is 1. The number of carbonyl (C=O) groups excluding carboxylic acids is 2. The van der Waals surface area contributed by atoms with Gasteiger partial charge in [-0.25, -0.2) is 4.98 Å². The van der Waals surface area contributed by atoms with Gasteiger partial charge in [0.15, 0.2) is 5.76 Å². The Kier molecular flexibility index (Phi) is 4.95. The van der Waals surface area contributed by atoms with Gasteiger partial charge in [-0.3, -0.25) is 14.0 Å². The number of amides is 1. The van der Waals surface area contributed by atoms with E-state index in [4.69, 9.17) is 4.42 Å². The first kappa shape index (κ1) is 19.9. The van der Waals surface area contributed by atoms with Crippen molar-refractivity contribution in [3.8, 4) is 0 Å². The minimum Gasteiger partial charge on any atom is -0.505 e. The monoisotopic (exact) mass is 409 g/mol. The highest BCUT2D eigenvalue weighted by Gasteiger charge is 2.48. The number of hydrogen-bond donors (Lipinski definition) is 2. The average Bonchev–Trinajstić information content (AvgIpc) is 3.38. The number of aliphatic hydroxyl groups is 1. The zero-order valence-electron chi connectivity index (χ0n) is 17.5. The minimum atomic E-state index is -0.783. The zero-order valence-corrected chi connectivity index (χ0v) is 17.5. The molecule has 1 atom stereocenters. The van der Waals surface area contributed by atoms with Gasteiger partial charge in [-0.15, -0.1) is 0 Å². The summed E-state index contributed by atoms with van der Waals surface area (Å²) in [6, 6.07) is 6.41. The fourth-order valence-corrected chi connectivity index (χ4v) is 3.93. The van der Waals surface area contributed by atoms with Crippen LogP contribution in [0.15, 0.2) is 46.7 Å². The first-order valence-electron chi connectivity index (χ1n) is 9.86. The molecule has 0 aromatic carbocycles. The molecule has 4 heterocycles. The summed E-state index contributed by atoms with van der Waals surface area (Å²) in [5, 5.41) is 11.3. The fraction of sp³-hybridized carbons (Fsp3) is 0.318. The van der Waals surface area contributed by atoms with E-state index in [0.717, 1.165) is 10.5 Å². The first-order valence-corrected chi connectivity index (χ1v) is 9.86. The van der Waals surface area contributed by atoms with Crippen LogP contribution in [0.5, 0.6) is 0 Å². The molecule has 0 spiro atoms. The molecule has 2 N–H and O–H groups in total. The van der Waals surface area contributed by atoms with E-state index in [1.807, 2.05) is 33.2 Å². The molecule has 0 bridgehead atoms. The van der Waals surface area contributed by atoms with Crippen LogP contribution < -0.4 is 4.90 Å². The number of fused-ring (bicyclic) bond motifs is 1. The van der Waals surface area contributed by atoms with Gasteiger partial charge in [-0.2, -0.15) is 0 Å². The number of Topliss-reactive ketones (excluding diaryl/α,β-unsaturated/α-hetero) is 1. The molecular formula is C22H25N4O4+. The second kappa shape index (κ2) is 7.46. The Bertz CT molecular complexity index is 1160. The molecule has 1 aliphatic heterocycles. The van der Waals surface area contributed by atoms with Crippen LogP contribution in [-0.4, -0.2) is 58.3 Å². The molecule has 3 aromatic heterocycles. The number of rotatable bonds is 5. The number of nitrogens with zero attached hydrogens (tertiary/aromatic N) is 3. The number of ketones is 1. The van der Waals surface area contributed by atoms with E-state index in [9.17, 15) is 14.7 Å². The number of imidazole rings is 1. The third-order valence-corrected chi connectivity index (χ3v) is 5.45. The second-order valence-electron chi connectivity index (χ2n) is 7.90. The van der Waals surface area contributed by atoms with E-state index in [2.05, 4.69) is 4.98 Å². The zero-order chi connectivity index (χ0) is 21.6. The molecule has 0 saturated carbocycles. The van der Waals surface area contributed by atoms with Gasteiger partial charge in [-0.1, -0.05) is 6.07 Å². The first-order chi connectivity index (χ1) is 14.3. The molecule has 1 amide bonds. The lowest BCUT2D eigenvalue weighted by atomic mass is 10.0. The molecule has 0 radical (unpaired) electrons. The molecule has 30 heavy (non-hydrogen) atoms. The van der Waals surface area contributed by atoms with E-state index in [1.54, 1.807) is 29.7 Å². The lowest BCUT2D eigenvalue weighted by molar-refractivity contribution is -0.857. The van der Waals surface area contributed by atoms with Crippen LogP contribution in [0.25, 0.3) is 11.4 Å². The summed E-state index contributed by atoms with van der Waals surface area (Å²) in [5.41, 5.74) is 2.63. The number of aliphatic hydroxyl groups excluding tert-OH is 1. The number of hydrogen-bond acceptors (Lipinski definition) is 5. The highest BCUT2D eigenvalue weighted by Crippen LogP contribution is 2.39. The summed E-state index contributed by atoms with van der Waals surface area (Å²) in [7, 11) is 3.95. The van der Waals surface area contributed by atoms with Gasteiger partial charge >= 0.3 is 0 Å². The predicted octanol–water partition coefficient (Wildman–Crippen LogP) is 1.11. The molecule has 3 aromatic rings. The highest BCUT2D eigenvalue weighted by atomic mass is 16.3. The third-order valence-electron chi connectivity index (χ3n) is 5.45. The number of likely N-dealkylation sites (tertiary alicyclic amines) is 1. The molecule has 8 nitrogen and oxygen atoms in total. The Morgan fingerprint density at radius 3 is 2.67 bits per heavy atom. The Morgan fingerprint density at radius 1 is 1.23 bits per heavy atom. The number of furan rings is 1. The molecule has 0 aliphatic carbocycles. The van der Waals surface area contributed by atoms with Gasteiger partial charge in [0.1, 0.15) is 23.1 Å². The van der Waals surface area contributed by atoms with Crippen molar-refractivity contribution in [2.45, 2.75) is 19.9 Å². The number of aryl methyl sites for hydroxylation is 2. The number of aromatic nitrogens is 2. The molecule has 8 heteroatoms. The van der Waals surface area contributed by atoms with Crippen LogP contribution in [-0.2, 0) is 9.59 Å². The Morgan fingerprint density at radius 2 is 2.00 bits per heavy atom. The van der Waals surface area contributed by atoms with Crippen molar-refractivity contribution in [1.82, 2.24) is 14.3 Å². The summed E-state index contributed by atoms with van der Waals surface area (Å²) < 4.78 is 7.31. The van der Waals surface area contributed by atoms with Gasteiger partial charge < -0.3 is 19.3 Å². The van der Waals surface area contributed by atoms with E-state index in [1.165, 1.54) is 11.2 Å². The molecule has 4 rings (SSSR count). The largest absolute Gasteiger partial charge is 0.505 e. The number of likely N-dealkylation sites (N-methyl/N-ethyl adjacent to an activating group) is 1. The SMILES string of the molecule is Cc1nc2c(C)cccn2c1C(O)=C1C(=O)C(=O)N(CC[NH+](C)C)[C@@H]1c1ccco1. The summed E-state index contributed by atoms with van der Waals surface area (Å²) in [6.45, 7) is 4.71. The summed E-state index contributed by atoms with van der Waals surface area (Å²) in [5.74, 6) is -1.16. The maximum atomic E-state index is 13.0. The molecule has 1 fully saturated rings. The number of quaternary nitrogens is 1. The topological polar surface area (TPSA) is 92.5 Å². The predicted molar refractivity (Wildman–Crippen MR) is 110 cm³/mol. The van der Waals surface area contributed by atoms with Gasteiger partial charge in [-0.05, 0) is 37.6 Å². The van der Waals surface area contributed by atoms with Crippen LogP contribution in [0.3, 0.4) is 0 Å². The van der Waals surface area contributed by atoms with Crippen molar-refractivity contribution >= 4 is 23.1 Å². The molecule has 0 unspecified atom stereocenters. The van der Waals surface area contributed by atoms with Crippen LogP contribution in [0.2, 0.25) is 0 Å². The lowest BCUT2D eigenvalue weighted by Crippen LogP contribution is -3.06. The maximum Gasteiger partial charge on any atom is 0.295 e. The Labute approximate surface area is 174 Å². The molecule has 1 aliphatic rings. The Balaban J connectivity index is 1.92. The van der Waals surface area contributed by atoms with Crippen molar-refractivity contribution in [1.29, 1.82) is 0 Å². The second-order valence-corrected chi connectivity index (χ2v) is 7.90. The van der Waals surface area contributed by atoms with Gasteiger partial charge in [0, 0.05) is 6.20 Å². The number of pyridine rings is 1. The smallest absolute Gasteiger partial charge is 0.295 e. The van der Waals surface area contributed by atoms with Crippen molar-refractivity contribution < 1.29 is 24.0 Å². The number of carbonyl (C=O) groups is 2.